The fourth-order valence-electron chi connectivity index (χ4n) is 6.51. The molecular formula is C26H35IO4Si. The first kappa shape index (κ1) is 24.0. The zero-order chi connectivity index (χ0) is 23.5. The van der Waals surface area contributed by atoms with Crippen molar-refractivity contribution in [2.75, 3.05) is 6.61 Å². The average Bonchev–Trinajstić information content (AvgIpc) is 2.95. The number of rotatable bonds is 4. The van der Waals surface area contributed by atoms with Gasteiger partial charge in [-0.15, -0.1) is 0 Å². The van der Waals surface area contributed by atoms with Gasteiger partial charge < -0.3 is 9.16 Å². The van der Waals surface area contributed by atoms with Gasteiger partial charge in [0.2, 0.25) is 8.32 Å². The predicted octanol–water partition coefficient (Wildman–Crippen LogP) is 6.30. The summed E-state index contributed by atoms with van der Waals surface area (Å²) in [5.41, 5.74) is 4.00. The molecule has 32 heavy (non-hydrogen) atoms. The molecule has 0 saturated heterocycles. The van der Waals surface area contributed by atoms with E-state index in [2.05, 4.69) is 68.2 Å². The van der Waals surface area contributed by atoms with Crippen molar-refractivity contribution in [1.29, 1.82) is 0 Å². The summed E-state index contributed by atoms with van der Waals surface area (Å²) in [4.78, 5) is 23.6. The quantitative estimate of drug-likeness (QED) is 0.100. The Morgan fingerprint density at radius 2 is 2.00 bits per heavy atom. The lowest BCUT2D eigenvalue weighted by Gasteiger charge is -2.51. The van der Waals surface area contributed by atoms with E-state index >= 15 is 0 Å². The molecule has 174 valence electrons. The van der Waals surface area contributed by atoms with E-state index in [-0.39, 0.29) is 29.2 Å². The standard InChI is InChI=1S/C26H35IO4Si/c1-16(28)30-15-23(31-32(4,5)6)24-22(27)14-21-19-8-7-17-13-18(29)9-11-25(17,2)20(19)10-12-26(21,24)3/h9-11,13,19,21-22H,7-8,12,14-15H2,1-6H3/b24-23-/t19?,21?,22-,25+,26+/m1/s1. The van der Waals surface area contributed by atoms with Gasteiger partial charge in [-0.1, -0.05) is 52.8 Å². The third-order valence-electron chi connectivity index (χ3n) is 7.86. The van der Waals surface area contributed by atoms with Crippen LogP contribution >= 0.6 is 22.6 Å². The molecule has 6 heteroatoms. The molecule has 2 saturated carbocycles. The third kappa shape index (κ3) is 4.10. The number of halogens is 1. The van der Waals surface area contributed by atoms with Gasteiger partial charge in [0.25, 0.3) is 0 Å². The minimum atomic E-state index is -1.87. The molecule has 0 amide bonds. The van der Waals surface area contributed by atoms with Crippen molar-refractivity contribution in [3.8, 4) is 0 Å². The minimum absolute atomic E-state index is 0.000926. The number of fused-ring (bicyclic) bond motifs is 5. The van der Waals surface area contributed by atoms with Crippen molar-refractivity contribution in [3.63, 3.8) is 0 Å². The van der Waals surface area contributed by atoms with Gasteiger partial charge >= 0.3 is 5.97 Å². The van der Waals surface area contributed by atoms with E-state index < -0.39 is 8.32 Å². The second-order valence-corrected chi connectivity index (χ2v) is 17.1. The Morgan fingerprint density at radius 3 is 2.66 bits per heavy atom. The molecule has 4 nitrogen and oxygen atoms in total. The van der Waals surface area contributed by atoms with Crippen LogP contribution in [0, 0.1) is 22.7 Å². The molecule has 0 N–H and O–H groups in total. The molecular weight excluding hydrogens is 531 g/mol. The van der Waals surface area contributed by atoms with E-state index in [1.807, 2.05) is 6.08 Å². The molecule has 0 bridgehead atoms. The molecule has 0 spiro atoms. The molecule has 4 rings (SSSR count). The maximum Gasteiger partial charge on any atom is 0.303 e. The summed E-state index contributed by atoms with van der Waals surface area (Å²) in [6.45, 7) is 12.9. The zero-order valence-electron chi connectivity index (χ0n) is 20.1. The van der Waals surface area contributed by atoms with Gasteiger partial charge in [-0.05, 0) is 87.2 Å². The average molecular weight is 567 g/mol. The lowest BCUT2D eigenvalue weighted by atomic mass is 9.53. The van der Waals surface area contributed by atoms with Crippen molar-refractivity contribution in [2.24, 2.45) is 22.7 Å². The Kier molecular flexibility index (Phi) is 6.19. The SMILES string of the molecule is CC(=O)OC/C(O[Si](C)(C)C)=C1\[C@H](I)CC2C3CCC4=CC(=O)C=C[C@]4(C)C3=CC[C@]12C. The van der Waals surface area contributed by atoms with Crippen LogP contribution in [0.25, 0.3) is 0 Å². The molecule has 0 aliphatic heterocycles. The maximum atomic E-state index is 12.0. The number of hydrogen-bond acceptors (Lipinski definition) is 4. The van der Waals surface area contributed by atoms with Crippen molar-refractivity contribution >= 4 is 42.7 Å². The Bertz CT molecular complexity index is 969. The summed E-state index contributed by atoms with van der Waals surface area (Å²) in [6.07, 6.45) is 12.4. The highest BCUT2D eigenvalue weighted by Crippen LogP contribution is 2.65. The summed E-state index contributed by atoms with van der Waals surface area (Å²) < 4.78 is 12.4. The van der Waals surface area contributed by atoms with Gasteiger partial charge in [-0.25, -0.2) is 0 Å². The number of ketones is 1. The number of carbonyl (C=O) groups is 2. The fraction of sp³-hybridized carbons (Fsp3) is 0.615. The van der Waals surface area contributed by atoms with Crippen LogP contribution in [-0.2, 0) is 18.8 Å². The van der Waals surface area contributed by atoms with Crippen molar-refractivity contribution in [3.05, 3.63) is 46.8 Å². The molecule has 0 aromatic heterocycles. The van der Waals surface area contributed by atoms with Gasteiger partial charge in [0, 0.05) is 16.3 Å². The van der Waals surface area contributed by atoms with Crippen molar-refractivity contribution < 1.29 is 18.8 Å². The van der Waals surface area contributed by atoms with Crippen LogP contribution in [0.5, 0.6) is 0 Å². The lowest BCUT2D eigenvalue weighted by molar-refractivity contribution is -0.140. The van der Waals surface area contributed by atoms with Crippen molar-refractivity contribution in [2.45, 2.75) is 70.0 Å². The van der Waals surface area contributed by atoms with E-state index in [4.69, 9.17) is 9.16 Å². The largest absolute Gasteiger partial charge is 0.545 e. The van der Waals surface area contributed by atoms with E-state index in [0.29, 0.717) is 15.8 Å². The molecule has 4 aliphatic carbocycles. The van der Waals surface area contributed by atoms with Crippen LogP contribution in [0.3, 0.4) is 0 Å². The molecule has 2 fully saturated rings. The smallest absolute Gasteiger partial charge is 0.303 e. The van der Waals surface area contributed by atoms with Gasteiger partial charge in [0.1, 0.15) is 12.4 Å². The van der Waals surface area contributed by atoms with E-state index in [1.54, 1.807) is 6.08 Å². The van der Waals surface area contributed by atoms with E-state index in [9.17, 15) is 9.59 Å². The monoisotopic (exact) mass is 566 g/mol. The van der Waals surface area contributed by atoms with Crippen LogP contribution in [0.15, 0.2) is 46.8 Å². The highest BCUT2D eigenvalue weighted by molar-refractivity contribution is 14.1. The first-order valence-electron chi connectivity index (χ1n) is 11.7. The van der Waals surface area contributed by atoms with Crippen LogP contribution in [0.2, 0.25) is 19.6 Å². The fourth-order valence-corrected chi connectivity index (χ4v) is 9.03. The van der Waals surface area contributed by atoms with Gasteiger partial charge in [-0.3, -0.25) is 9.59 Å². The number of hydrogen-bond donors (Lipinski definition) is 0. The number of alkyl halides is 1. The number of ether oxygens (including phenoxy) is 1. The van der Waals surface area contributed by atoms with Crippen LogP contribution in [0.4, 0.5) is 0 Å². The summed E-state index contributed by atoms with van der Waals surface area (Å²) in [5.74, 6) is 1.78. The number of allylic oxidation sites excluding steroid dienone is 7. The molecule has 0 aromatic carbocycles. The third-order valence-corrected chi connectivity index (χ3v) is 9.85. The van der Waals surface area contributed by atoms with Gasteiger partial charge in [0.05, 0.1) is 0 Å². The maximum absolute atomic E-state index is 12.0. The van der Waals surface area contributed by atoms with Crippen molar-refractivity contribution in [1.82, 2.24) is 0 Å². The molecule has 4 aliphatic rings. The first-order valence-corrected chi connectivity index (χ1v) is 16.4. The minimum Gasteiger partial charge on any atom is -0.545 e. The predicted molar refractivity (Wildman–Crippen MR) is 138 cm³/mol. The summed E-state index contributed by atoms with van der Waals surface area (Å²) in [7, 11) is -1.87. The van der Waals surface area contributed by atoms with Gasteiger partial charge in [-0.2, -0.15) is 0 Å². The van der Waals surface area contributed by atoms with Crippen LogP contribution < -0.4 is 0 Å². The highest BCUT2D eigenvalue weighted by Gasteiger charge is 2.57. The Labute approximate surface area is 206 Å². The topological polar surface area (TPSA) is 52.6 Å². The molecule has 5 atom stereocenters. The van der Waals surface area contributed by atoms with Gasteiger partial charge in [0.15, 0.2) is 5.78 Å². The normalized spacial score (nSPS) is 37.6. The number of carbonyl (C=O) groups excluding carboxylic acids is 2. The summed E-state index contributed by atoms with van der Waals surface area (Å²) in [5, 5.41) is 0. The zero-order valence-corrected chi connectivity index (χ0v) is 23.2. The Morgan fingerprint density at radius 1 is 1.28 bits per heavy atom. The number of esters is 1. The molecule has 2 unspecified atom stereocenters. The lowest BCUT2D eigenvalue weighted by Crippen LogP contribution is -2.42. The molecule has 0 aromatic rings. The molecule has 0 heterocycles. The van der Waals surface area contributed by atoms with Crippen LogP contribution in [0.1, 0.15) is 46.5 Å². The molecule has 0 radical (unpaired) electrons. The summed E-state index contributed by atoms with van der Waals surface area (Å²) >= 11 is 2.58. The highest BCUT2D eigenvalue weighted by atomic mass is 127. The van der Waals surface area contributed by atoms with Crippen LogP contribution in [-0.4, -0.2) is 30.6 Å². The summed E-state index contributed by atoms with van der Waals surface area (Å²) in [6, 6.07) is 0. The second kappa shape index (κ2) is 8.26. The Balaban J connectivity index is 1.76. The Hall–Kier alpha value is -1.15. The van der Waals surface area contributed by atoms with E-state index in [0.717, 1.165) is 31.4 Å². The second-order valence-electron chi connectivity index (χ2n) is 11.2. The van der Waals surface area contributed by atoms with E-state index in [1.165, 1.54) is 23.6 Å². The first-order chi connectivity index (χ1) is 14.8.